The molecule has 2 rings (SSSR count). The third kappa shape index (κ3) is 5.89. The Kier molecular flexibility index (Phi) is 8.11. The van der Waals surface area contributed by atoms with Gasteiger partial charge in [-0.1, -0.05) is 12.7 Å². The predicted octanol–water partition coefficient (Wildman–Crippen LogP) is 3.44. The number of carbonyl (C=O) groups excluding carboxylic acids is 1. The molecule has 1 amide bonds. The van der Waals surface area contributed by atoms with E-state index in [2.05, 4.69) is 47.2 Å². The molecule has 166 valence electrons. The summed E-state index contributed by atoms with van der Waals surface area (Å²) in [5, 5.41) is 8.91. The van der Waals surface area contributed by atoms with Crippen LogP contribution in [-0.2, 0) is 14.3 Å². The normalized spacial score (nSPS) is 17.5. The molecular weight excluding hydrogens is 402 g/mol. The van der Waals surface area contributed by atoms with Crippen LogP contribution in [0.1, 0.15) is 12.5 Å². The number of hydrogen-bond acceptors (Lipinski definition) is 6. The lowest BCUT2D eigenvalue weighted by molar-refractivity contribution is -0.130. The van der Waals surface area contributed by atoms with Gasteiger partial charge in [-0.3, -0.25) is 4.79 Å². The monoisotopic (exact) mass is 435 g/mol. The summed E-state index contributed by atoms with van der Waals surface area (Å²) in [6, 6.07) is 4.19. The van der Waals surface area contributed by atoms with Gasteiger partial charge in [-0.25, -0.2) is 10.0 Å². The van der Waals surface area contributed by atoms with Crippen LogP contribution in [0.4, 0.5) is 5.69 Å². The molecule has 8 heteroatoms. The van der Waals surface area contributed by atoms with Crippen molar-refractivity contribution in [2.75, 3.05) is 44.3 Å². The lowest BCUT2D eigenvalue weighted by Gasteiger charge is -2.38. The molecular formula is C22H33N3O4S. The van der Waals surface area contributed by atoms with Crippen LogP contribution < -0.4 is 20.7 Å². The van der Waals surface area contributed by atoms with Crippen molar-refractivity contribution >= 4 is 21.6 Å². The summed E-state index contributed by atoms with van der Waals surface area (Å²) in [5.41, 5.74) is 2.15. The van der Waals surface area contributed by atoms with Crippen molar-refractivity contribution in [2.24, 2.45) is 0 Å². The minimum atomic E-state index is -0.898. The molecule has 1 atom stereocenters. The molecule has 1 heterocycles. The van der Waals surface area contributed by atoms with Gasteiger partial charge in [0.25, 0.3) is 11.9 Å². The topological polar surface area (TPSA) is 80.9 Å². The molecule has 0 fully saturated rings. The standard InChI is InChI=1S/C22H33N3O4S/c1-8-9-21(28-16(3)22(26)25-14-20(23-4)27-5)29-18-13-19-17(12-15(18)2)24-10-11-30(19,6)7/h8-9,12-14,16,23-24H,1,10-11H2,2-7H3,(H,25,26)/b20-14-,21-9+. The summed E-state index contributed by atoms with van der Waals surface area (Å²) < 4.78 is 16.9. The number of anilines is 1. The molecule has 7 nitrogen and oxygen atoms in total. The Morgan fingerprint density at radius 3 is 2.73 bits per heavy atom. The maximum Gasteiger partial charge on any atom is 0.285 e. The van der Waals surface area contributed by atoms with Gasteiger partial charge in [-0.05, 0) is 49.8 Å². The van der Waals surface area contributed by atoms with E-state index in [-0.39, 0.29) is 11.9 Å². The molecule has 3 N–H and O–H groups in total. The van der Waals surface area contributed by atoms with Gasteiger partial charge >= 0.3 is 0 Å². The van der Waals surface area contributed by atoms with Crippen molar-refractivity contribution in [1.82, 2.24) is 10.6 Å². The molecule has 0 saturated heterocycles. The first-order valence-corrected chi connectivity index (χ1v) is 12.3. The van der Waals surface area contributed by atoms with Gasteiger partial charge < -0.3 is 30.2 Å². The Labute approximate surface area is 180 Å². The average molecular weight is 436 g/mol. The number of carbonyl (C=O) groups is 1. The molecule has 0 aliphatic carbocycles. The molecule has 0 bridgehead atoms. The number of aryl methyl sites for hydroxylation is 1. The van der Waals surface area contributed by atoms with Gasteiger partial charge in [-0.2, -0.15) is 0 Å². The van der Waals surface area contributed by atoms with Gasteiger partial charge in [-0.15, -0.1) is 0 Å². The molecule has 0 saturated carbocycles. The van der Waals surface area contributed by atoms with Gasteiger partial charge in [0.15, 0.2) is 6.10 Å². The number of benzene rings is 1. The van der Waals surface area contributed by atoms with E-state index in [1.807, 2.05) is 6.92 Å². The smallest absolute Gasteiger partial charge is 0.285 e. The summed E-state index contributed by atoms with van der Waals surface area (Å²) in [7, 11) is 2.30. The zero-order valence-corrected chi connectivity index (χ0v) is 19.4. The van der Waals surface area contributed by atoms with Crippen molar-refractivity contribution in [2.45, 2.75) is 24.8 Å². The first-order chi connectivity index (χ1) is 14.2. The summed E-state index contributed by atoms with van der Waals surface area (Å²) in [6.07, 6.45) is 8.43. The van der Waals surface area contributed by atoms with Crippen LogP contribution in [0.25, 0.3) is 0 Å². The van der Waals surface area contributed by atoms with Gasteiger partial charge in [0, 0.05) is 30.3 Å². The molecule has 1 aromatic rings. The van der Waals surface area contributed by atoms with Crippen LogP contribution in [0.2, 0.25) is 0 Å². The van der Waals surface area contributed by atoms with Crippen LogP contribution in [0, 0.1) is 6.92 Å². The summed E-state index contributed by atoms with van der Waals surface area (Å²) >= 11 is 0. The highest BCUT2D eigenvalue weighted by Crippen LogP contribution is 2.55. The zero-order chi connectivity index (χ0) is 22.3. The van der Waals surface area contributed by atoms with Crippen molar-refractivity contribution in [3.8, 4) is 5.75 Å². The number of amides is 1. The Balaban J connectivity index is 2.17. The fourth-order valence-corrected chi connectivity index (χ4v) is 4.93. The summed E-state index contributed by atoms with van der Waals surface area (Å²) in [4.78, 5) is 13.6. The second-order valence-corrected chi connectivity index (χ2v) is 11.3. The lowest BCUT2D eigenvalue weighted by atomic mass is 10.2. The van der Waals surface area contributed by atoms with E-state index in [0.717, 1.165) is 17.9 Å². The van der Waals surface area contributed by atoms with E-state index in [0.29, 0.717) is 11.6 Å². The fourth-order valence-electron chi connectivity index (χ4n) is 2.94. The van der Waals surface area contributed by atoms with Gasteiger partial charge in [0.05, 0.1) is 13.3 Å². The van der Waals surface area contributed by atoms with Crippen molar-refractivity contribution < 1.29 is 19.0 Å². The van der Waals surface area contributed by atoms with Crippen LogP contribution in [0.3, 0.4) is 0 Å². The van der Waals surface area contributed by atoms with E-state index in [9.17, 15) is 4.79 Å². The number of methoxy groups -OCH3 is 1. The average Bonchev–Trinajstić information content (AvgIpc) is 2.69. The highest BCUT2D eigenvalue weighted by Gasteiger charge is 2.25. The van der Waals surface area contributed by atoms with Crippen molar-refractivity contribution in [3.63, 3.8) is 0 Å². The summed E-state index contributed by atoms with van der Waals surface area (Å²) in [6.45, 7) is 8.34. The molecule has 0 aromatic heterocycles. The van der Waals surface area contributed by atoms with Crippen LogP contribution in [-0.4, -0.2) is 51.0 Å². The molecule has 30 heavy (non-hydrogen) atoms. The van der Waals surface area contributed by atoms with Gasteiger partial charge in [0.2, 0.25) is 5.88 Å². The Morgan fingerprint density at radius 2 is 2.10 bits per heavy atom. The number of nitrogens with one attached hydrogen (secondary N) is 3. The van der Waals surface area contributed by atoms with E-state index >= 15 is 0 Å². The first kappa shape index (κ1) is 23.5. The molecule has 1 aliphatic rings. The SMILES string of the molecule is C=C/C=C(/Oc1cc2c(cc1C)NCCS2(C)C)OC(C)C(=O)N/C=C(/NC)OC. The maximum atomic E-state index is 12.3. The molecule has 0 spiro atoms. The second kappa shape index (κ2) is 10.3. The van der Waals surface area contributed by atoms with E-state index < -0.39 is 16.1 Å². The third-order valence-electron chi connectivity index (χ3n) is 4.74. The van der Waals surface area contributed by atoms with E-state index in [1.54, 1.807) is 26.1 Å². The number of allylic oxidation sites excluding steroid dienone is 2. The lowest BCUT2D eigenvalue weighted by Crippen LogP contribution is -2.32. The van der Waals surface area contributed by atoms with E-state index in [1.165, 1.54) is 23.9 Å². The van der Waals surface area contributed by atoms with Crippen LogP contribution >= 0.6 is 10.0 Å². The quantitative estimate of drug-likeness (QED) is 0.407. The van der Waals surface area contributed by atoms with Crippen molar-refractivity contribution in [1.29, 1.82) is 0 Å². The second-order valence-electron chi connectivity index (χ2n) is 7.34. The zero-order valence-electron chi connectivity index (χ0n) is 18.6. The maximum absolute atomic E-state index is 12.3. The summed E-state index contributed by atoms with van der Waals surface area (Å²) in [5.74, 6) is 2.12. The number of rotatable bonds is 9. The van der Waals surface area contributed by atoms with Gasteiger partial charge in [0.1, 0.15) is 5.75 Å². The largest absolute Gasteiger partial charge is 0.482 e. The minimum Gasteiger partial charge on any atom is -0.482 e. The fraction of sp³-hybridized carbons (Fsp3) is 0.409. The van der Waals surface area contributed by atoms with Crippen molar-refractivity contribution in [3.05, 3.63) is 54.5 Å². The first-order valence-electron chi connectivity index (χ1n) is 9.71. The molecule has 1 aromatic carbocycles. The Hall–Kier alpha value is -2.74. The molecule has 1 unspecified atom stereocenters. The predicted molar refractivity (Wildman–Crippen MR) is 124 cm³/mol. The van der Waals surface area contributed by atoms with E-state index in [4.69, 9.17) is 14.2 Å². The van der Waals surface area contributed by atoms with Crippen LogP contribution in [0.15, 0.2) is 53.8 Å². The number of fused-ring (bicyclic) bond motifs is 1. The number of hydrogen-bond donors (Lipinski definition) is 3. The Bertz CT molecular complexity index is 843. The molecule has 0 radical (unpaired) electrons. The minimum absolute atomic E-state index is 0.205. The highest BCUT2D eigenvalue weighted by molar-refractivity contribution is 8.32. The Morgan fingerprint density at radius 1 is 1.37 bits per heavy atom. The third-order valence-corrected chi connectivity index (χ3v) is 7.49. The molecule has 1 aliphatic heterocycles. The highest BCUT2D eigenvalue weighted by atomic mass is 32.3. The van der Waals surface area contributed by atoms with Crippen LogP contribution in [0.5, 0.6) is 5.75 Å². The number of ether oxygens (including phenoxy) is 3.